The summed E-state index contributed by atoms with van der Waals surface area (Å²) in [6.07, 6.45) is 2.82. The van der Waals surface area contributed by atoms with Gasteiger partial charge < -0.3 is 10.3 Å². The summed E-state index contributed by atoms with van der Waals surface area (Å²) in [4.78, 5) is 0. The van der Waals surface area contributed by atoms with Crippen molar-refractivity contribution in [3.63, 3.8) is 0 Å². The lowest BCUT2D eigenvalue weighted by atomic mass is 10.2. The molecule has 5 heteroatoms. The maximum atomic E-state index is 9.90. The molecule has 0 spiro atoms. The molecule has 4 nitrogen and oxygen atoms in total. The first-order chi connectivity index (χ1) is 4.77. The van der Waals surface area contributed by atoms with Crippen LogP contribution >= 0.6 is 0 Å². The fraction of sp³-hybridized carbons (Fsp3) is 1.00. The smallest absolute Gasteiger partial charge is 0.0181 e. The highest BCUT2D eigenvalue weighted by Crippen LogP contribution is 1.90. The fourth-order valence-corrected chi connectivity index (χ4v) is 0.913. The standard InChI is InChI=1S/C5H14N2O2S/c6-4-2-1-3-5-7-10(8)9/h7H,1-6H2,(H,8,9)/p-1. The molecule has 0 radical (unpaired) electrons. The lowest BCUT2D eigenvalue weighted by Gasteiger charge is -2.05. The average Bonchev–Trinajstić information content (AvgIpc) is 1.87. The lowest BCUT2D eigenvalue weighted by Crippen LogP contribution is -2.17. The summed E-state index contributed by atoms with van der Waals surface area (Å²) < 4.78 is 22.1. The molecule has 1 atom stereocenters. The maximum Gasteiger partial charge on any atom is 0.0181 e. The van der Waals surface area contributed by atoms with Crippen molar-refractivity contribution in [3.05, 3.63) is 0 Å². The summed E-state index contributed by atoms with van der Waals surface area (Å²) in [5, 5.41) is 0. The van der Waals surface area contributed by atoms with Gasteiger partial charge in [0.2, 0.25) is 0 Å². The van der Waals surface area contributed by atoms with Crippen molar-refractivity contribution >= 4 is 11.3 Å². The van der Waals surface area contributed by atoms with Crippen LogP contribution in [-0.2, 0) is 11.3 Å². The zero-order chi connectivity index (χ0) is 7.82. The number of unbranched alkanes of at least 4 members (excludes halogenated alkanes) is 2. The quantitative estimate of drug-likeness (QED) is 0.411. The molecule has 0 heterocycles. The van der Waals surface area contributed by atoms with Gasteiger partial charge in [0.1, 0.15) is 0 Å². The summed E-state index contributed by atoms with van der Waals surface area (Å²) in [7, 11) is 0. The fourth-order valence-electron chi connectivity index (χ4n) is 0.602. The topological polar surface area (TPSA) is 78.2 Å². The number of rotatable bonds is 6. The Morgan fingerprint density at radius 1 is 1.40 bits per heavy atom. The molecule has 0 aromatic heterocycles. The van der Waals surface area contributed by atoms with Crippen LogP contribution in [0.3, 0.4) is 0 Å². The Morgan fingerprint density at radius 2 is 2.10 bits per heavy atom. The van der Waals surface area contributed by atoms with Crippen molar-refractivity contribution in [2.24, 2.45) is 5.73 Å². The van der Waals surface area contributed by atoms with E-state index in [9.17, 15) is 8.76 Å². The van der Waals surface area contributed by atoms with Gasteiger partial charge in [0.15, 0.2) is 0 Å². The van der Waals surface area contributed by atoms with Crippen molar-refractivity contribution < 1.29 is 8.76 Å². The molecule has 1 unspecified atom stereocenters. The zero-order valence-electron chi connectivity index (χ0n) is 5.84. The molecule has 10 heavy (non-hydrogen) atoms. The van der Waals surface area contributed by atoms with Crippen LogP contribution in [0.1, 0.15) is 19.3 Å². The molecule has 0 aromatic carbocycles. The van der Waals surface area contributed by atoms with E-state index in [-0.39, 0.29) is 0 Å². The molecule has 0 rings (SSSR count). The number of nitrogens with two attached hydrogens (primary N) is 1. The second-order valence-corrected chi connectivity index (χ2v) is 2.74. The van der Waals surface area contributed by atoms with E-state index >= 15 is 0 Å². The predicted molar refractivity (Wildman–Crippen MR) is 39.8 cm³/mol. The molecule has 0 amide bonds. The summed E-state index contributed by atoms with van der Waals surface area (Å²) in [5.74, 6) is 0. The highest BCUT2D eigenvalue weighted by atomic mass is 32.2. The highest BCUT2D eigenvalue weighted by molar-refractivity contribution is 7.77. The molecule has 0 saturated carbocycles. The van der Waals surface area contributed by atoms with E-state index < -0.39 is 11.3 Å². The Bertz CT molecular complexity index is 99.6. The minimum absolute atomic E-state index is 0.524. The second-order valence-electron chi connectivity index (χ2n) is 1.98. The van der Waals surface area contributed by atoms with E-state index in [4.69, 9.17) is 5.73 Å². The predicted octanol–water partition coefficient (Wildman–Crippen LogP) is -0.501. The molecule has 62 valence electrons. The van der Waals surface area contributed by atoms with Crippen LogP contribution in [0.15, 0.2) is 0 Å². The highest BCUT2D eigenvalue weighted by Gasteiger charge is 1.86. The first kappa shape index (κ1) is 10.0. The monoisotopic (exact) mass is 165 g/mol. The third-order valence-electron chi connectivity index (χ3n) is 1.10. The Kier molecular flexibility index (Phi) is 7.16. The first-order valence-corrected chi connectivity index (χ1v) is 4.37. The van der Waals surface area contributed by atoms with Gasteiger partial charge in [-0.05, 0) is 19.4 Å². The summed E-state index contributed by atoms with van der Waals surface area (Å²) in [5.41, 5.74) is 5.23. The van der Waals surface area contributed by atoms with Crippen molar-refractivity contribution in [2.45, 2.75) is 19.3 Å². The largest absolute Gasteiger partial charge is 0.760 e. The van der Waals surface area contributed by atoms with Crippen molar-refractivity contribution in [2.75, 3.05) is 13.1 Å². The van der Waals surface area contributed by atoms with Gasteiger partial charge in [0.05, 0.1) is 0 Å². The minimum Gasteiger partial charge on any atom is -0.760 e. The van der Waals surface area contributed by atoms with E-state index in [0.717, 1.165) is 19.3 Å². The average molecular weight is 165 g/mol. The molecule has 0 aliphatic carbocycles. The molecule has 0 aliphatic rings. The number of hydrogen-bond donors (Lipinski definition) is 2. The van der Waals surface area contributed by atoms with Crippen molar-refractivity contribution in [1.29, 1.82) is 0 Å². The van der Waals surface area contributed by atoms with E-state index in [1.165, 1.54) is 0 Å². The molecular formula is C5H13N2O2S-. The Hall–Kier alpha value is 0.0300. The van der Waals surface area contributed by atoms with Crippen LogP contribution in [0, 0.1) is 0 Å². The molecule has 3 N–H and O–H groups in total. The molecule has 0 bridgehead atoms. The third-order valence-corrected chi connectivity index (χ3v) is 1.54. The second kappa shape index (κ2) is 7.14. The minimum atomic E-state index is -2.10. The third kappa shape index (κ3) is 8.03. The van der Waals surface area contributed by atoms with Gasteiger partial charge in [-0.2, -0.15) is 0 Å². The van der Waals surface area contributed by atoms with E-state index in [1.54, 1.807) is 0 Å². The van der Waals surface area contributed by atoms with Gasteiger partial charge in [-0.3, -0.25) is 4.21 Å². The van der Waals surface area contributed by atoms with Gasteiger partial charge in [-0.25, -0.2) is 4.72 Å². The molecule has 0 fully saturated rings. The van der Waals surface area contributed by atoms with Crippen molar-refractivity contribution in [1.82, 2.24) is 4.72 Å². The van der Waals surface area contributed by atoms with Gasteiger partial charge in [0.25, 0.3) is 0 Å². The maximum absolute atomic E-state index is 9.90. The van der Waals surface area contributed by atoms with E-state index in [2.05, 4.69) is 4.72 Å². The summed E-state index contributed by atoms with van der Waals surface area (Å²) >= 11 is -2.10. The van der Waals surface area contributed by atoms with Crippen LogP contribution in [0.4, 0.5) is 0 Å². The number of hydrogen-bond acceptors (Lipinski definition) is 3. The Labute approximate surface area is 63.6 Å². The molecule has 0 saturated heterocycles. The van der Waals surface area contributed by atoms with Gasteiger partial charge in [-0.1, -0.05) is 6.42 Å². The molecule has 0 aliphatic heterocycles. The van der Waals surface area contributed by atoms with Crippen molar-refractivity contribution in [3.8, 4) is 0 Å². The van der Waals surface area contributed by atoms with Gasteiger partial charge in [0, 0.05) is 17.8 Å². The van der Waals surface area contributed by atoms with Crippen LogP contribution in [0.25, 0.3) is 0 Å². The number of nitrogens with one attached hydrogen (secondary N) is 1. The summed E-state index contributed by atoms with van der Waals surface area (Å²) in [6, 6.07) is 0. The van der Waals surface area contributed by atoms with E-state index in [1.807, 2.05) is 0 Å². The normalized spacial score (nSPS) is 13.4. The van der Waals surface area contributed by atoms with Crippen LogP contribution in [-0.4, -0.2) is 21.9 Å². The SMILES string of the molecule is NCCCCCNS(=O)[O-]. The van der Waals surface area contributed by atoms with Gasteiger partial charge in [-0.15, -0.1) is 0 Å². The van der Waals surface area contributed by atoms with Crippen LogP contribution in [0.5, 0.6) is 0 Å². The van der Waals surface area contributed by atoms with Crippen LogP contribution < -0.4 is 10.5 Å². The first-order valence-electron chi connectivity index (χ1n) is 3.30. The molecule has 0 aromatic rings. The summed E-state index contributed by atoms with van der Waals surface area (Å²) in [6.45, 7) is 1.20. The Balaban J connectivity index is 2.84. The van der Waals surface area contributed by atoms with Crippen LogP contribution in [0.2, 0.25) is 0 Å². The Morgan fingerprint density at radius 3 is 2.60 bits per heavy atom. The molecular weight excluding hydrogens is 152 g/mol. The van der Waals surface area contributed by atoms with Gasteiger partial charge >= 0.3 is 0 Å². The van der Waals surface area contributed by atoms with E-state index in [0.29, 0.717) is 13.1 Å². The zero-order valence-corrected chi connectivity index (χ0v) is 6.65. The lowest BCUT2D eigenvalue weighted by molar-refractivity contribution is 0.519.